The van der Waals surface area contributed by atoms with E-state index >= 15 is 0 Å². The van der Waals surface area contributed by atoms with Crippen molar-refractivity contribution in [3.05, 3.63) is 88.7 Å². The quantitative estimate of drug-likeness (QED) is 0.0896. The van der Waals surface area contributed by atoms with Crippen molar-refractivity contribution in [3.8, 4) is 11.1 Å². The number of allylic oxidation sites excluding steroid dienone is 2. The number of nitrogens with one attached hydrogen (secondary N) is 3. The molecule has 1 aromatic heterocycles. The van der Waals surface area contributed by atoms with Gasteiger partial charge < -0.3 is 20.1 Å². The summed E-state index contributed by atoms with van der Waals surface area (Å²) in [5, 5.41) is 8.63. The molecule has 2 amide bonds. The van der Waals surface area contributed by atoms with Crippen LogP contribution >= 0.6 is 0 Å². The maximum absolute atomic E-state index is 14.7. The molecule has 0 radical (unpaired) electrons. The second-order valence-electron chi connectivity index (χ2n) is 20.4. The molecule has 1 aliphatic carbocycles. The number of aryl methyl sites for hydroxylation is 1. The zero-order chi connectivity index (χ0) is 48.5. The van der Waals surface area contributed by atoms with E-state index in [9.17, 15) is 14.4 Å². The Morgan fingerprint density at radius 2 is 1.69 bits per heavy atom. The smallest absolute Gasteiger partial charge is 0.293 e. The van der Waals surface area contributed by atoms with Crippen molar-refractivity contribution in [1.29, 1.82) is 0 Å². The van der Waals surface area contributed by atoms with E-state index in [1.807, 2.05) is 19.2 Å². The summed E-state index contributed by atoms with van der Waals surface area (Å²) in [5.41, 5.74) is 12.6. The molecule has 2 aromatic carbocycles. The number of ether oxygens (including phenoxy) is 2. The van der Waals surface area contributed by atoms with Crippen LogP contribution in [0.4, 0.5) is 0 Å². The van der Waals surface area contributed by atoms with E-state index in [1.54, 1.807) is 12.1 Å². The number of methoxy groups -OCH3 is 1. The summed E-state index contributed by atoms with van der Waals surface area (Å²) in [5.74, 6) is 0.863. The van der Waals surface area contributed by atoms with Crippen LogP contribution in [0.3, 0.4) is 0 Å². The predicted octanol–water partition coefficient (Wildman–Crippen LogP) is 9.98. The molecular formula is C56H84N6O5. The summed E-state index contributed by atoms with van der Waals surface area (Å²) in [6, 6.07) is 18.3. The van der Waals surface area contributed by atoms with Crippen LogP contribution in [0.15, 0.2) is 60.8 Å². The summed E-state index contributed by atoms with van der Waals surface area (Å²) in [6.45, 7) is 25.2. The molecule has 2 aliphatic heterocycles. The molecule has 11 heteroatoms. The number of amides is 2. The first-order chi connectivity index (χ1) is 32.2. The highest BCUT2D eigenvalue weighted by Crippen LogP contribution is 2.43. The number of pyridine rings is 1. The lowest BCUT2D eigenvalue weighted by Crippen LogP contribution is -2.59. The Morgan fingerprint density at radius 3 is 2.36 bits per heavy atom. The molecule has 368 valence electrons. The van der Waals surface area contributed by atoms with Crippen LogP contribution in [0.1, 0.15) is 147 Å². The first-order valence-electron chi connectivity index (χ1n) is 25.5. The Morgan fingerprint density at radius 1 is 0.940 bits per heavy atom. The number of nitrogens with zero attached hydrogens (tertiary/aromatic N) is 3. The standard InChI is InChI=1S/C53H76N6O5.C3H8/c1-9-54-32-40-23-27-58(33-40)50(41-17-10-11-18-41)51(61)57-47(52(62)59-26-13-12-25-56-59)29-39-16-14-19-42(28-39)43-22-21-37(4)45(30-43)46(31-53(6,7)34-64-35-60)48(36(2)3)44-20-15-24-55-49(44)38(5)63-8;1-3-2/h14-16,19-22,24,28,30,35-36,38,40-41,47,50,54,56H,9-13,17-18,23,25-27,29,31-34H2,1-8H3,(H,57,61);3H2,1-2H3/b48-46+;. The zero-order valence-electron chi connectivity index (χ0n) is 42.7. The number of hydrazine groups is 1. The Bertz CT molecular complexity index is 2070. The molecule has 1 saturated carbocycles. The Balaban J connectivity index is 0.00000273. The van der Waals surface area contributed by atoms with E-state index in [-0.39, 0.29) is 41.9 Å². The average Bonchev–Trinajstić information content (AvgIpc) is 4.04. The van der Waals surface area contributed by atoms with Gasteiger partial charge in [0.05, 0.1) is 24.4 Å². The summed E-state index contributed by atoms with van der Waals surface area (Å²) >= 11 is 0. The van der Waals surface area contributed by atoms with Gasteiger partial charge >= 0.3 is 0 Å². The van der Waals surface area contributed by atoms with Gasteiger partial charge in [0.15, 0.2) is 0 Å². The van der Waals surface area contributed by atoms with E-state index in [0.29, 0.717) is 37.7 Å². The highest BCUT2D eigenvalue weighted by atomic mass is 16.5. The molecule has 67 heavy (non-hydrogen) atoms. The molecule has 3 heterocycles. The minimum Gasteiger partial charge on any atom is -0.467 e. The van der Waals surface area contributed by atoms with Gasteiger partial charge in [0.1, 0.15) is 6.04 Å². The lowest BCUT2D eigenvalue weighted by Gasteiger charge is -2.35. The van der Waals surface area contributed by atoms with Crippen molar-refractivity contribution in [2.24, 2.45) is 23.2 Å². The number of hydrogen-bond donors (Lipinski definition) is 3. The predicted molar refractivity (Wildman–Crippen MR) is 273 cm³/mol. The Kier molecular flexibility index (Phi) is 21.1. The molecule has 3 fully saturated rings. The van der Waals surface area contributed by atoms with Crippen molar-refractivity contribution in [1.82, 2.24) is 31.0 Å². The van der Waals surface area contributed by atoms with E-state index in [2.05, 4.69) is 125 Å². The van der Waals surface area contributed by atoms with E-state index in [0.717, 1.165) is 117 Å². The fraction of sp³-hybridized carbons (Fsp3) is 0.607. The third kappa shape index (κ3) is 14.8. The summed E-state index contributed by atoms with van der Waals surface area (Å²) in [7, 11) is 1.71. The Labute approximate surface area is 403 Å². The average molecular weight is 921 g/mol. The van der Waals surface area contributed by atoms with Crippen LogP contribution in [0.25, 0.3) is 22.3 Å². The van der Waals surface area contributed by atoms with Crippen molar-refractivity contribution in [2.45, 2.75) is 145 Å². The van der Waals surface area contributed by atoms with Crippen LogP contribution in [0, 0.1) is 30.1 Å². The number of benzene rings is 2. The fourth-order valence-electron chi connectivity index (χ4n) is 10.4. The molecular weight excluding hydrogens is 837 g/mol. The molecule has 4 unspecified atom stereocenters. The maximum atomic E-state index is 14.7. The third-order valence-electron chi connectivity index (χ3n) is 13.7. The van der Waals surface area contributed by atoms with Gasteiger partial charge in [0, 0.05) is 50.3 Å². The van der Waals surface area contributed by atoms with Crippen molar-refractivity contribution in [2.75, 3.05) is 53.0 Å². The molecule has 3 aromatic rings. The molecule has 11 nitrogen and oxygen atoms in total. The second-order valence-corrected chi connectivity index (χ2v) is 20.4. The first-order valence-corrected chi connectivity index (χ1v) is 25.5. The largest absolute Gasteiger partial charge is 0.467 e. The lowest BCUT2D eigenvalue weighted by molar-refractivity contribution is -0.141. The molecule has 0 bridgehead atoms. The summed E-state index contributed by atoms with van der Waals surface area (Å²) in [6.07, 6.45) is 11.3. The highest BCUT2D eigenvalue weighted by Gasteiger charge is 2.40. The Hall–Kier alpha value is -4.42. The van der Waals surface area contributed by atoms with Crippen molar-refractivity contribution in [3.63, 3.8) is 0 Å². The van der Waals surface area contributed by atoms with Gasteiger partial charge in [-0.3, -0.25) is 29.3 Å². The molecule has 4 atom stereocenters. The fourth-order valence-corrected chi connectivity index (χ4v) is 10.4. The topological polar surface area (TPSA) is 125 Å². The molecule has 6 rings (SSSR count). The van der Waals surface area contributed by atoms with Gasteiger partial charge in [0.25, 0.3) is 12.4 Å². The van der Waals surface area contributed by atoms with Gasteiger partial charge in [-0.25, -0.2) is 5.43 Å². The minimum atomic E-state index is -0.715. The monoisotopic (exact) mass is 921 g/mol. The van der Waals surface area contributed by atoms with E-state index < -0.39 is 6.04 Å². The van der Waals surface area contributed by atoms with Gasteiger partial charge in [-0.1, -0.05) is 110 Å². The summed E-state index contributed by atoms with van der Waals surface area (Å²) in [4.78, 5) is 47.8. The zero-order valence-corrected chi connectivity index (χ0v) is 42.7. The number of carbonyl (C=O) groups is 3. The number of aromatic nitrogens is 1. The SMILES string of the molecule is CCC.CCNCC1CCN(C(C(=O)NC(Cc2cccc(-c3ccc(C)c(/C(CC(C)(C)COC=O)=C(/c4cccnc4C(C)OC)C(C)C)c3)c2)C(=O)N2CCCCN2)C2CCCC2)C1. The first kappa shape index (κ1) is 53.5. The van der Waals surface area contributed by atoms with Gasteiger partial charge in [-0.2, -0.15) is 0 Å². The van der Waals surface area contributed by atoms with Crippen molar-refractivity contribution >= 4 is 29.4 Å². The normalized spacial score (nSPS) is 18.7. The molecule has 2 saturated heterocycles. The number of likely N-dealkylation sites (tertiary alicyclic amines) is 1. The van der Waals surface area contributed by atoms with Crippen LogP contribution in [-0.2, 0) is 30.3 Å². The highest BCUT2D eigenvalue weighted by molar-refractivity contribution is 5.94. The molecule has 3 aliphatic rings. The van der Waals surface area contributed by atoms with Gasteiger partial charge in [-0.15, -0.1) is 0 Å². The van der Waals surface area contributed by atoms with Gasteiger partial charge in [-0.05, 0) is 141 Å². The van der Waals surface area contributed by atoms with Crippen LogP contribution < -0.4 is 16.1 Å². The minimum absolute atomic E-state index is 0.0101. The van der Waals surface area contributed by atoms with Crippen LogP contribution in [0.2, 0.25) is 0 Å². The molecule has 3 N–H and O–H groups in total. The second kappa shape index (κ2) is 26.4. The third-order valence-corrected chi connectivity index (χ3v) is 13.7. The number of hydrogen-bond acceptors (Lipinski definition) is 9. The number of carbonyl (C=O) groups excluding carboxylic acids is 3. The summed E-state index contributed by atoms with van der Waals surface area (Å²) < 4.78 is 11.2. The van der Waals surface area contributed by atoms with Crippen LogP contribution in [-0.4, -0.2) is 98.2 Å². The van der Waals surface area contributed by atoms with E-state index in [4.69, 9.17) is 14.5 Å². The van der Waals surface area contributed by atoms with E-state index in [1.165, 1.54) is 17.6 Å². The molecule has 0 spiro atoms. The van der Waals surface area contributed by atoms with Crippen molar-refractivity contribution < 1.29 is 23.9 Å². The maximum Gasteiger partial charge on any atom is 0.293 e. The van der Waals surface area contributed by atoms with Gasteiger partial charge in [0.2, 0.25) is 5.91 Å². The van der Waals surface area contributed by atoms with Crippen LogP contribution in [0.5, 0.6) is 0 Å². The lowest BCUT2D eigenvalue weighted by atomic mass is 9.76. The number of rotatable bonds is 21.